The van der Waals surface area contributed by atoms with Crippen LogP contribution in [0.4, 0.5) is 10.7 Å². The Kier molecular flexibility index (Phi) is 4.87. The monoisotopic (exact) mass is 473 g/mol. The summed E-state index contributed by atoms with van der Waals surface area (Å²) in [7, 11) is 0. The summed E-state index contributed by atoms with van der Waals surface area (Å²) in [5.74, 6) is -1.23. The van der Waals surface area contributed by atoms with Gasteiger partial charge in [-0.3, -0.25) is 14.9 Å². The molecule has 3 unspecified atom stereocenters. The second-order valence-corrected chi connectivity index (χ2v) is 9.50. The summed E-state index contributed by atoms with van der Waals surface area (Å²) in [5, 5.41) is 18.4. The largest absolute Gasteiger partial charge is 0.481 e. The van der Waals surface area contributed by atoms with Gasteiger partial charge in [-0.2, -0.15) is 0 Å². The van der Waals surface area contributed by atoms with Gasteiger partial charge in [0.25, 0.3) is 5.91 Å². The summed E-state index contributed by atoms with van der Waals surface area (Å²) in [5.41, 5.74) is 3.81. The Balaban J connectivity index is 1.05. The summed E-state index contributed by atoms with van der Waals surface area (Å²) < 4.78 is 10.6. The van der Waals surface area contributed by atoms with Crippen molar-refractivity contribution < 1.29 is 28.8 Å². The van der Waals surface area contributed by atoms with Crippen molar-refractivity contribution in [2.75, 3.05) is 11.9 Å². The SMILES string of the molecule is O=C(Nc1cc(C(=O)NC2CC3CC3(C(=O)O)C2)no1)OCC1c2ccccc2-c2ccccc21. The maximum absolute atomic E-state index is 12.5. The molecule has 0 aliphatic heterocycles. The minimum atomic E-state index is -0.796. The molecule has 2 fully saturated rings. The lowest BCUT2D eigenvalue weighted by molar-refractivity contribution is -0.143. The van der Waals surface area contributed by atoms with Crippen LogP contribution in [0.5, 0.6) is 0 Å². The fraction of sp³-hybridized carbons (Fsp3) is 0.308. The van der Waals surface area contributed by atoms with Gasteiger partial charge in [-0.1, -0.05) is 53.7 Å². The summed E-state index contributed by atoms with van der Waals surface area (Å²) in [6.07, 6.45) is 1.02. The van der Waals surface area contributed by atoms with Gasteiger partial charge >= 0.3 is 12.1 Å². The molecule has 3 N–H and O–H groups in total. The molecule has 2 aromatic carbocycles. The van der Waals surface area contributed by atoms with Crippen LogP contribution in [0, 0.1) is 11.3 Å². The Morgan fingerprint density at radius 3 is 2.40 bits per heavy atom. The summed E-state index contributed by atoms with van der Waals surface area (Å²) in [6.45, 7) is 0.148. The van der Waals surface area contributed by atoms with E-state index in [1.165, 1.54) is 6.07 Å². The number of carboxylic acid groups (broad SMARTS) is 1. The molecule has 1 aromatic heterocycles. The number of hydrogen-bond acceptors (Lipinski definition) is 6. The number of nitrogens with zero attached hydrogens (tertiary/aromatic N) is 1. The minimum Gasteiger partial charge on any atom is -0.481 e. The zero-order valence-corrected chi connectivity index (χ0v) is 18.7. The number of nitrogens with one attached hydrogen (secondary N) is 2. The highest BCUT2D eigenvalue weighted by atomic mass is 16.6. The van der Waals surface area contributed by atoms with E-state index < -0.39 is 23.4 Å². The zero-order valence-electron chi connectivity index (χ0n) is 18.7. The maximum atomic E-state index is 12.5. The molecule has 35 heavy (non-hydrogen) atoms. The lowest BCUT2D eigenvalue weighted by Crippen LogP contribution is -2.35. The molecule has 0 saturated heterocycles. The summed E-state index contributed by atoms with van der Waals surface area (Å²) >= 11 is 0. The molecule has 9 nitrogen and oxygen atoms in total. The normalized spacial score (nSPS) is 23.7. The maximum Gasteiger partial charge on any atom is 0.414 e. The summed E-state index contributed by atoms with van der Waals surface area (Å²) in [4.78, 5) is 36.4. The quantitative estimate of drug-likeness (QED) is 0.493. The highest BCUT2D eigenvalue weighted by molar-refractivity contribution is 5.94. The van der Waals surface area contributed by atoms with Crippen LogP contribution in [0.2, 0.25) is 0 Å². The van der Waals surface area contributed by atoms with Gasteiger partial charge in [-0.25, -0.2) is 4.79 Å². The van der Waals surface area contributed by atoms with E-state index in [-0.39, 0.29) is 36.1 Å². The third-order valence-electron chi connectivity index (χ3n) is 7.48. The molecule has 1 heterocycles. The van der Waals surface area contributed by atoms with Crippen LogP contribution in [0.1, 0.15) is 46.8 Å². The van der Waals surface area contributed by atoms with E-state index in [0.29, 0.717) is 19.3 Å². The van der Waals surface area contributed by atoms with Crippen molar-refractivity contribution in [2.45, 2.75) is 31.2 Å². The average Bonchev–Trinajstić information content (AvgIpc) is 3.17. The van der Waals surface area contributed by atoms with Crippen molar-refractivity contribution in [1.82, 2.24) is 10.5 Å². The van der Waals surface area contributed by atoms with Crippen molar-refractivity contribution in [3.63, 3.8) is 0 Å². The fourth-order valence-corrected chi connectivity index (χ4v) is 5.70. The van der Waals surface area contributed by atoms with Crippen molar-refractivity contribution in [2.24, 2.45) is 11.3 Å². The number of anilines is 1. The van der Waals surface area contributed by atoms with Gasteiger partial charge in [-0.05, 0) is 47.4 Å². The Labute approximate surface area is 200 Å². The highest BCUT2D eigenvalue weighted by Crippen LogP contribution is 2.63. The van der Waals surface area contributed by atoms with Gasteiger partial charge in [0.15, 0.2) is 5.69 Å². The number of aromatic nitrogens is 1. The third-order valence-corrected chi connectivity index (χ3v) is 7.48. The first-order valence-electron chi connectivity index (χ1n) is 11.6. The van der Waals surface area contributed by atoms with Gasteiger partial charge in [0, 0.05) is 18.0 Å². The number of carbonyl (C=O) groups is 3. The number of fused-ring (bicyclic) bond motifs is 4. The first-order valence-corrected chi connectivity index (χ1v) is 11.6. The molecular weight excluding hydrogens is 450 g/mol. The lowest BCUT2D eigenvalue weighted by atomic mass is 9.98. The molecule has 3 aliphatic carbocycles. The first-order chi connectivity index (χ1) is 16.9. The van der Waals surface area contributed by atoms with Crippen LogP contribution in [0.3, 0.4) is 0 Å². The van der Waals surface area contributed by atoms with Crippen LogP contribution in [-0.2, 0) is 9.53 Å². The number of ether oxygens (including phenoxy) is 1. The molecule has 2 saturated carbocycles. The van der Waals surface area contributed by atoms with E-state index in [0.717, 1.165) is 22.3 Å². The second-order valence-electron chi connectivity index (χ2n) is 9.50. The fourth-order valence-electron chi connectivity index (χ4n) is 5.70. The number of rotatable bonds is 6. The highest BCUT2D eigenvalue weighted by Gasteiger charge is 2.65. The van der Waals surface area contributed by atoms with Gasteiger partial charge < -0.3 is 19.7 Å². The molecule has 3 aromatic rings. The topological polar surface area (TPSA) is 131 Å². The summed E-state index contributed by atoms with van der Waals surface area (Å²) in [6, 6.07) is 17.2. The van der Waals surface area contributed by atoms with Crippen LogP contribution in [-0.4, -0.2) is 40.9 Å². The molecule has 178 valence electrons. The molecule has 0 radical (unpaired) electrons. The van der Waals surface area contributed by atoms with Gasteiger partial charge in [0.1, 0.15) is 6.61 Å². The minimum absolute atomic E-state index is 0.00361. The van der Waals surface area contributed by atoms with Crippen molar-refractivity contribution in [3.05, 3.63) is 71.4 Å². The average molecular weight is 473 g/mol. The second kappa shape index (κ2) is 7.97. The Hall–Kier alpha value is -4.14. The molecule has 9 heteroatoms. The van der Waals surface area contributed by atoms with Gasteiger partial charge in [-0.15, -0.1) is 0 Å². The first kappa shape index (κ1) is 21.4. The Morgan fingerprint density at radius 2 is 1.74 bits per heavy atom. The third kappa shape index (κ3) is 3.63. The Morgan fingerprint density at radius 1 is 1.06 bits per heavy atom. The van der Waals surface area contributed by atoms with E-state index in [4.69, 9.17) is 9.26 Å². The van der Waals surface area contributed by atoms with Crippen LogP contribution >= 0.6 is 0 Å². The van der Waals surface area contributed by atoms with Crippen LogP contribution in [0.15, 0.2) is 59.1 Å². The van der Waals surface area contributed by atoms with Crippen molar-refractivity contribution >= 4 is 23.9 Å². The number of carbonyl (C=O) groups excluding carboxylic acids is 2. The number of amides is 2. The predicted octanol–water partition coefficient (Wildman–Crippen LogP) is 4.02. The molecule has 3 atom stereocenters. The smallest absolute Gasteiger partial charge is 0.414 e. The van der Waals surface area contributed by atoms with E-state index in [1.807, 2.05) is 36.4 Å². The number of hydrogen-bond donors (Lipinski definition) is 3. The van der Waals surface area contributed by atoms with Crippen molar-refractivity contribution in [3.8, 4) is 11.1 Å². The molecule has 0 spiro atoms. The molecule has 2 amide bonds. The van der Waals surface area contributed by atoms with Gasteiger partial charge in [0.2, 0.25) is 5.88 Å². The van der Waals surface area contributed by atoms with E-state index in [9.17, 15) is 19.5 Å². The van der Waals surface area contributed by atoms with Crippen LogP contribution < -0.4 is 10.6 Å². The van der Waals surface area contributed by atoms with E-state index in [2.05, 4.69) is 27.9 Å². The number of carboxylic acids is 1. The van der Waals surface area contributed by atoms with Crippen molar-refractivity contribution in [1.29, 1.82) is 0 Å². The molecule has 0 bridgehead atoms. The molecule has 3 aliphatic rings. The molecule has 6 rings (SSSR count). The van der Waals surface area contributed by atoms with Crippen LogP contribution in [0.25, 0.3) is 11.1 Å². The standard InChI is InChI=1S/C26H23N3O6/c30-23(27-15-9-14-11-26(14,12-15)24(31)32)21-10-22(35-29-21)28-25(33)34-13-20-18-7-3-1-5-16(18)17-6-2-4-8-19(17)20/h1-8,10,14-15,20H,9,11-13H2,(H,27,30)(H,28,33)(H,31,32). The van der Waals surface area contributed by atoms with Gasteiger partial charge in [0.05, 0.1) is 5.41 Å². The zero-order chi connectivity index (χ0) is 24.2. The number of aliphatic carboxylic acids is 1. The lowest BCUT2D eigenvalue weighted by Gasteiger charge is -2.14. The Bertz CT molecular complexity index is 1300. The number of benzene rings is 2. The van der Waals surface area contributed by atoms with E-state index in [1.54, 1.807) is 0 Å². The van der Waals surface area contributed by atoms with E-state index >= 15 is 0 Å². The predicted molar refractivity (Wildman–Crippen MR) is 124 cm³/mol. The molecular formula is C26H23N3O6.